The summed E-state index contributed by atoms with van der Waals surface area (Å²) in [6.45, 7) is 8.96. The van der Waals surface area contributed by atoms with E-state index in [2.05, 4.69) is 4.98 Å². The van der Waals surface area contributed by atoms with Crippen molar-refractivity contribution < 1.29 is 14.3 Å². The van der Waals surface area contributed by atoms with Crippen molar-refractivity contribution in [1.82, 2.24) is 19.9 Å². The van der Waals surface area contributed by atoms with Crippen molar-refractivity contribution in [3.05, 3.63) is 47.8 Å². The molecule has 7 heteroatoms. The summed E-state index contributed by atoms with van der Waals surface area (Å²) in [6.07, 6.45) is 3.38. The van der Waals surface area contributed by atoms with Crippen molar-refractivity contribution in [2.75, 3.05) is 20.2 Å². The van der Waals surface area contributed by atoms with Gasteiger partial charge in [0.25, 0.3) is 0 Å². The minimum Gasteiger partial charge on any atom is -0.496 e. The first-order valence-electron chi connectivity index (χ1n) is 11.0. The number of methoxy groups -OCH3 is 1. The Bertz CT molecular complexity index is 1140. The van der Waals surface area contributed by atoms with E-state index in [-0.39, 0.29) is 12.0 Å². The third kappa shape index (κ3) is 4.66. The second-order valence-electron chi connectivity index (χ2n) is 9.25. The van der Waals surface area contributed by atoms with Crippen molar-refractivity contribution in [2.45, 2.75) is 52.1 Å². The number of hydrogen-bond acceptors (Lipinski definition) is 6. The molecule has 1 aliphatic heterocycles. The zero-order valence-electron chi connectivity index (χ0n) is 19.4. The molecule has 2 aromatic heterocycles. The standard InChI is InChI=1S/C25H30N4O3/c1-16-8-6-10-21(31-5)22(16)18-11-12-19-23(27-18)28-20(14-26-19)17-9-7-13-29(15-17)24(30)32-25(2,3)4/h6,8,10-12,14,17H,7,9,13,15H2,1-5H3/t17-/m1/s1. The molecule has 0 radical (unpaired) electrons. The fraction of sp³-hybridized carbons (Fsp3) is 0.440. The molecular weight excluding hydrogens is 404 g/mol. The third-order valence-corrected chi connectivity index (χ3v) is 5.63. The summed E-state index contributed by atoms with van der Waals surface area (Å²) in [5, 5.41) is 0. The molecule has 1 saturated heterocycles. The molecule has 7 nitrogen and oxygen atoms in total. The SMILES string of the molecule is COc1cccc(C)c1-c1ccc2ncc([C@@H]3CCCN(C(=O)OC(C)(C)C)C3)nc2n1. The summed E-state index contributed by atoms with van der Waals surface area (Å²) in [5.41, 5.74) is 4.53. The molecule has 168 valence electrons. The Morgan fingerprint density at radius 2 is 1.97 bits per heavy atom. The number of fused-ring (bicyclic) bond motifs is 1. The Hall–Kier alpha value is -3.22. The van der Waals surface area contributed by atoms with Gasteiger partial charge in [-0.3, -0.25) is 4.98 Å². The highest BCUT2D eigenvalue weighted by Crippen LogP contribution is 2.33. The lowest BCUT2D eigenvalue weighted by molar-refractivity contribution is 0.0197. The molecule has 3 heterocycles. The smallest absolute Gasteiger partial charge is 0.410 e. The highest BCUT2D eigenvalue weighted by molar-refractivity contribution is 5.78. The molecule has 0 saturated carbocycles. The molecular formula is C25H30N4O3. The van der Waals surface area contributed by atoms with Gasteiger partial charge in [-0.25, -0.2) is 14.8 Å². The molecule has 0 bridgehead atoms. The maximum absolute atomic E-state index is 12.5. The Labute approximate surface area is 188 Å². The highest BCUT2D eigenvalue weighted by Gasteiger charge is 2.29. The van der Waals surface area contributed by atoms with Crippen LogP contribution in [0.15, 0.2) is 36.5 Å². The zero-order valence-corrected chi connectivity index (χ0v) is 19.4. The van der Waals surface area contributed by atoms with Crippen LogP contribution in [-0.2, 0) is 4.74 Å². The van der Waals surface area contributed by atoms with Gasteiger partial charge in [0.15, 0.2) is 5.65 Å². The zero-order chi connectivity index (χ0) is 22.9. The number of ether oxygens (including phenoxy) is 2. The van der Waals surface area contributed by atoms with E-state index < -0.39 is 5.60 Å². The largest absolute Gasteiger partial charge is 0.496 e. The summed E-state index contributed by atoms with van der Waals surface area (Å²) in [4.78, 5) is 28.6. The number of aromatic nitrogens is 3. The first kappa shape index (κ1) is 22.0. The van der Waals surface area contributed by atoms with Crippen molar-refractivity contribution >= 4 is 17.3 Å². The summed E-state index contributed by atoms with van der Waals surface area (Å²) in [7, 11) is 1.66. The lowest BCUT2D eigenvalue weighted by Gasteiger charge is -2.33. The van der Waals surface area contributed by atoms with Gasteiger partial charge in [-0.1, -0.05) is 12.1 Å². The summed E-state index contributed by atoms with van der Waals surface area (Å²) in [6, 6.07) is 9.83. The molecule has 1 aliphatic rings. The molecule has 0 N–H and O–H groups in total. The predicted octanol–water partition coefficient (Wildman–Crippen LogP) is 5.12. The number of aryl methyl sites for hydroxylation is 1. The van der Waals surface area contributed by atoms with Crippen molar-refractivity contribution in [1.29, 1.82) is 0 Å². The fourth-order valence-electron chi connectivity index (χ4n) is 4.10. The summed E-state index contributed by atoms with van der Waals surface area (Å²) >= 11 is 0. The van der Waals surface area contributed by atoms with E-state index in [1.807, 2.05) is 58.0 Å². The molecule has 3 aromatic rings. The van der Waals surface area contributed by atoms with E-state index in [0.29, 0.717) is 18.7 Å². The van der Waals surface area contributed by atoms with E-state index in [1.165, 1.54) is 0 Å². The van der Waals surface area contributed by atoms with E-state index in [9.17, 15) is 4.79 Å². The van der Waals surface area contributed by atoms with Crippen LogP contribution in [0.25, 0.3) is 22.4 Å². The number of carbonyl (C=O) groups is 1. The van der Waals surface area contributed by atoms with Crippen LogP contribution in [0.4, 0.5) is 4.79 Å². The molecule has 1 amide bonds. The Balaban J connectivity index is 1.63. The number of amides is 1. The highest BCUT2D eigenvalue weighted by atomic mass is 16.6. The minimum absolute atomic E-state index is 0.103. The molecule has 1 atom stereocenters. The number of nitrogens with zero attached hydrogens (tertiary/aromatic N) is 4. The van der Waals surface area contributed by atoms with Crippen LogP contribution in [0.3, 0.4) is 0 Å². The van der Waals surface area contributed by atoms with Gasteiger partial charge in [-0.05, 0) is 64.3 Å². The fourth-order valence-corrected chi connectivity index (χ4v) is 4.10. The van der Waals surface area contributed by atoms with Crippen LogP contribution in [0.1, 0.15) is 50.8 Å². The van der Waals surface area contributed by atoms with Crippen LogP contribution in [0, 0.1) is 6.92 Å². The van der Waals surface area contributed by atoms with Gasteiger partial charge >= 0.3 is 6.09 Å². The Morgan fingerprint density at radius 3 is 2.72 bits per heavy atom. The Morgan fingerprint density at radius 1 is 1.16 bits per heavy atom. The second kappa shape index (κ2) is 8.73. The van der Waals surface area contributed by atoms with E-state index >= 15 is 0 Å². The van der Waals surface area contributed by atoms with E-state index in [1.54, 1.807) is 18.2 Å². The quantitative estimate of drug-likeness (QED) is 0.569. The molecule has 0 aliphatic carbocycles. The monoisotopic (exact) mass is 434 g/mol. The number of piperidine rings is 1. The topological polar surface area (TPSA) is 77.4 Å². The van der Waals surface area contributed by atoms with Crippen LogP contribution in [0.2, 0.25) is 0 Å². The van der Waals surface area contributed by atoms with Crippen LogP contribution in [-0.4, -0.2) is 51.7 Å². The van der Waals surface area contributed by atoms with E-state index in [0.717, 1.165) is 46.6 Å². The van der Waals surface area contributed by atoms with E-state index in [4.69, 9.17) is 19.4 Å². The minimum atomic E-state index is -0.510. The van der Waals surface area contributed by atoms with Crippen LogP contribution < -0.4 is 4.74 Å². The maximum atomic E-state index is 12.5. The number of hydrogen-bond donors (Lipinski definition) is 0. The molecule has 4 rings (SSSR count). The number of likely N-dealkylation sites (tertiary alicyclic amines) is 1. The molecule has 1 aromatic carbocycles. The van der Waals surface area contributed by atoms with Crippen molar-refractivity contribution in [3.8, 4) is 17.0 Å². The van der Waals surface area contributed by atoms with Gasteiger partial charge in [0, 0.05) is 30.8 Å². The van der Waals surface area contributed by atoms with Gasteiger partial charge < -0.3 is 14.4 Å². The predicted molar refractivity (Wildman–Crippen MR) is 124 cm³/mol. The average Bonchev–Trinajstić information content (AvgIpc) is 2.77. The van der Waals surface area contributed by atoms with Gasteiger partial charge in [-0.15, -0.1) is 0 Å². The summed E-state index contributed by atoms with van der Waals surface area (Å²) in [5.74, 6) is 0.882. The van der Waals surface area contributed by atoms with Gasteiger partial charge in [0.05, 0.1) is 18.5 Å². The van der Waals surface area contributed by atoms with Crippen LogP contribution >= 0.6 is 0 Å². The number of rotatable bonds is 3. The number of benzene rings is 1. The lowest BCUT2D eigenvalue weighted by atomic mass is 9.95. The van der Waals surface area contributed by atoms with Crippen molar-refractivity contribution in [2.24, 2.45) is 0 Å². The first-order valence-corrected chi connectivity index (χ1v) is 11.0. The normalized spacial score (nSPS) is 16.8. The van der Waals surface area contributed by atoms with Gasteiger partial charge in [-0.2, -0.15) is 0 Å². The number of carbonyl (C=O) groups excluding carboxylic acids is 1. The Kier molecular flexibility index (Phi) is 6.00. The number of pyridine rings is 1. The summed E-state index contributed by atoms with van der Waals surface area (Å²) < 4.78 is 11.1. The van der Waals surface area contributed by atoms with Crippen LogP contribution in [0.5, 0.6) is 5.75 Å². The van der Waals surface area contributed by atoms with Gasteiger partial charge in [0.2, 0.25) is 0 Å². The molecule has 1 fully saturated rings. The molecule has 0 unspecified atom stereocenters. The lowest BCUT2D eigenvalue weighted by Crippen LogP contribution is -2.42. The first-order chi connectivity index (χ1) is 15.2. The van der Waals surface area contributed by atoms with Gasteiger partial charge in [0.1, 0.15) is 16.9 Å². The molecule has 32 heavy (non-hydrogen) atoms. The van der Waals surface area contributed by atoms with Crippen molar-refractivity contribution in [3.63, 3.8) is 0 Å². The second-order valence-corrected chi connectivity index (χ2v) is 9.25. The maximum Gasteiger partial charge on any atom is 0.410 e. The molecule has 0 spiro atoms. The third-order valence-electron chi connectivity index (χ3n) is 5.63. The average molecular weight is 435 g/mol.